The molecule has 1 spiro atoms. The summed E-state index contributed by atoms with van der Waals surface area (Å²) in [7, 11) is 0. The predicted molar refractivity (Wildman–Crippen MR) is 251 cm³/mol. The van der Waals surface area contributed by atoms with E-state index in [4.69, 9.17) is 15.0 Å². The second-order valence-electron chi connectivity index (χ2n) is 16.2. The number of hydrogen-bond acceptors (Lipinski definition) is 4. The Labute approximate surface area is 361 Å². The van der Waals surface area contributed by atoms with Gasteiger partial charge in [0.05, 0.1) is 5.41 Å². The van der Waals surface area contributed by atoms with E-state index in [0.717, 1.165) is 55.6 Å². The van der Waals surface area contributed by atoms with Gasteiger partial charge in [-0.15, -0.1) is 0 Å². The quantitative estimate of drug-likeness (QED) is 0.168. The van der Waals surface area contributed by atoms with Gasteiger partial charge in [0.1, 0.15) is 0 Å². The number of aryl methyl sites for hydroxylation is 1. The molecule has 2 heterocycles. The molecule has 8 aromatic carbocycles. The van der Waals surface area contributed by atoms with Crippen LogP contribution in [0.3, 0.4) is 0 Å². The molecule has 12 rings (SSSR count). The fourth-order valence-electron chi connectivity index (χ4n) is 10.0. The minimum atomic E-state index is -0.524. The first kappa shape index (κ1) is 35.8. The van der Waals surface area contributed by atoms with E-state index in [1.54, 1.807) is 0 Å². The molecule has 0 atom stereocenters. The van der Waals surface area contributed by atoms with Crippen LogP contribution in [-0.4, -0.2) is 19.9 Å². The van der Waals surface area contributed by atoms with Crippen molar-refractivity contribution in [1.29, 1.82) is 0 Å². The van der Waals surface area contributed by atoms with E-state index >= 15 is 0 Å². The van der Waals surface area contributed by atoms with E-state index in [-0.39, 0.29) is 0 Å². The minimum Gasteiger partial charge on any atom is -0.264 e. The summed E-state index contributed by atoms with van der Waals surface area (Å²) in [5.74, 6) is 1.85. The van der Waals surface area contributed by atoms with Crippen LogP contribution >= 0.6 is 0 Å². The minimum absolute atomic E-state index is 0.524. The first-order valence-electron chi connectivity index (χ1n) is 21.1. The van der Waals surface area contributed by atoms with Gasteiger partial charge >= 0.3 is 0 Å². The standard InChI is InChI=1S/C58H38N4/c1-37-31-42(36-59-35-37)43-23-8-9-24-44(43)48-34-54-49(47-27-12-15-30-53(47)58(54)51-28-13-10-25-45(51)46-26-11-14-29-52(46)58)33-50(48)57-61-55(39-19-6-3-7-20-39)60-56(62-57)41-22-16-21-40(32-41)38-17-4-2-5-18-38/h2-36H,1H3. The van der Waals surface area contributed by atoms with Gasteiger partial charge in [-0.3, -0.25) is 4.98 Å². The first-order valence-corrected chi connectivity index (χ1v) is 21.1. The third kappa shape index (κ3) is 5.54. The summed E-state index contributed by atoms with van der Waals surface area (Å²) >= 11 is 0. The molecule has 4 nitrogen and oxygen atoms in total. The second kappa shape index (κ2) is 14.3. The third-order valence-corrected chi connectivity index (χ3v) is 12.7. The van der Waals surface area contributed by atoms with E-state index < -0.39 is 5.41 Å². The van der Waals surface area contributed by atoms with Crippen LogP contribution in [0.2, 0.25) is 0 Å². The highest BCUT2D eigenvalue weighted by Gasteiger charge is 2.52. The summed E-state index contributed by atoms with van der Waals surface area (Å²) in [6, 6.07) is 71.8. The molecule has 0 saturated carbocycles. The first-order chi connectivity index (χ1) is 30.6. The molecule has 0 radical (unpaired) electrons. The highest BCUT2D eigenvalue weighted by Crippen LogP contribution is 2.63. The van der Waals surface area contributed by atoms with E-state index in [1.165, 1.54) is 44.5 Å². The molecule has 0 amide bonds. The summed E-state index contributed by atoms with van der Waals surface area (Å²) in [6.45, 7) is 2.10. The molecule has 10 aromatic rings. The smallest absolute Gasteiger partial charge is 0.164 e. The van der Waals surface area contributed by atoms with Gasteiger partial charge in [-0.1, -0.05) is 176 Å². The Kier molecular flexibility index (Phi) is 8.26. The Morgan fingerprint density at radius 3 is 1.44 bits per heavy atom. The van der Waals surface area contributed by atoms with Crippen LogP contribution < -0.4 is 0 Å². The Hall–Kier alpha value is -8.08. The fraction of sp³-hybridized carbons (Fsp3) is 0.0345. The zero-order chi connectivity index (χ0) is 41.2. The van der Waals surface area contributed by atoms with Crippen LogP contribution in [0.4, 0.5) is 0 Å². The Balaban J connectivity index is 1.18. The summed E-state index contributed by atoms with van der Waals surface area (Å²) in [5.41, 5.74) is 19.9. The van der Waals surface area contributed by atoms with Crippen LogP contribution in [0.25, 0.3) is 89.8 Å². The zero-order valence-electron chi connectivity index (χ0n) is 34.0. The van der Waals surface area contributed by atoms with Crippen molar-refractivity contribution < 1.29 is 0 Å². The van der Waals surface area contributed by atoms with Crippen LogP contribution in [0.15, 0.2) is 213 Å². The predicted octanol–water partition coefficient (Wildman–Crippen LogP) is 13.9. The van der Waals surface area contributed by atoms with Crippen molar-refractivity contribution in [2.75, 3.05) is 0 Å². The molecule has 2 aromatic heterocycles. The number of rotatable bonds is 6. The molecule has 0 aliphatic heterocycles. The van der Waals surface area contributed by atoms with Gasteiger partial charge in [-0.05, 0) is 109 Å². The maximum Gasteiger partial charge on any atom is 0.164 e. The van der Waals surface area contributed by atoms with E-state index in [0.29, 0.717) is 17.5 Å². The Morgan fingerprint density at radius 1 is 0.290 bits per heavy atom. The van der Waals surface area contributed by atoms with E-state index in [9.17, 15) is 0 Å². The number of aromatic nitrogens is 4. The largest absolute Gasteiger partial charge is 0.264 e. The number of hydrogen-bond donors (Lipinski definition) is 0. The maximum atomic E-state index is 5.44. The van der Waals surface area contributed by atoms with Crippen molar-refractivity contribution >= 4 is 0 Å². The zero-order valence-corrected chi connectivity index (χ0v) is 34.0. The van der Waals surface area contributed by atoms with E-state index in [1.807, 2.05) is 36.7 Å². The SMILES string of the molecule is Cc1cncc(-c2ccccc2-c2cc3c(cc2-c2nc(-c4ccccc4)nc(-c4cccc(-c5ccccc5)c4)n2)-c2ccccc2C32c3ccccc3-c3ccccc32)c1. The molecule has 0 N–H and O–H groups in total. The average molecular weight is 791 g/mol. The maximum absolute atomic E-state index is 5.44. The van der Waals surface area contributed by atoms with Gasteiger partial charge in [-0.2, -0.15) is 0 Å². The van der Waals surface area contributed by atoms with Crippen molar-refractivity contribution in [3.8, 4) is 89.8 Å². The Bertz CT molecular complexity index is 3330. The molecular formula is C58H38N4. The molecule has 290 valence electrons. The number of benzene rings is 8. The molecule has 0 unspecified atom stereocenters. The lowest BCUT2D eigenvalue weighted by Gasteiger charge is -2.31. The van der Waals surface area contributed by atoms with Gasteiger partial charge in [0.25, 0.3) is 0 Å². The normalized spacial score (nSPS) is 12.7. The van der Waals surface area contributed by atoms with Crippen molar-refractivity contribution in [2.45, 2.75) is 12.3 Å². The lowest BCUT2D eigenvalue weighted by atomic mass is 9.70. The number of fused-ring (bicyclic) bond motifs is 10. The van der Waals surface area contributed by atoms with Crippen molar-refractivity contribution in [1.82, 2.24) is 19.9 Å². The van der Waals surface area contributed by atoms with Crippen LogP contribution in [0, 0.1) is 6.92 Å². The van der Waals surface area contributed by atoms with Crippen LogP contribution in [0.5, 0.6) is 0 Å². The van der Waals surface area contributed by atoms with Gasteiger partial charge in [0.2, 0.25) is 0 Å². The Morgan fingerprint density at radius 2 is 0.790 bits per heavy atom. The lowest BCUT2D eigenvalue weighted by molar-refractivity contribution is 0.794. The molecule has 0 fully saturated rings. The van der Waals surface area contributed by atoms with Crippen molar-refractivity contribution in [2.24, 2.45) is 0 Å². The van der Waals surface area contributed by atoms with E-state index in [2.05, 4.69) is 188 Å². The van der Waals surface area contributed by atoms with Gasteiger partial charge < -0.3 is 0 Å². The highest BCUT2D eigenvalue weighted by atomic mass is 15.0. The van der Waals surface area contributed by atoms with Crippen LogP contribution in [0.1, 0.15) is 27.8 Å². The lowest BCUT2D eigenvalue weighted by Crippen LogP contribution is -2.26. The highest BCUT2D eigenvalue weighted by molar-refractivity contribution is 6.00. The van der Waals surface area contributed by atoms with Crippen molar-refractivity contribution in [3.05, 3.63) is 240 Å². The summed E-state index contributed by atoms with van der Waals surface area (Å²) < 4.78 is 0. The average Bonchev–Trinajstić information content (AvgIpc) is 3.81. The summed E-state index contributed by atoms with van der Waals surface area (Å²) in [6.07, 6.45) is 3.88. The fourth-order valence-corrected chi connectivity index (χ4v) is 10.0. The van der Waals surface area contributed by atoms with Crippen LogP contribution in [-0.2, 0) is 5.41 Å². The third-order valence-electron chi connectivity index (χ3n) is 12.7. The summed E-state index contributed by atoms with van der Waals surface area (Å²) in [5, 5.41) is 0. The molecule has 0 saturated heterocycles. The summed E-state index contributed by atoms with van der Waals surface area (Å²) in [4.78, 5) is 20.7. The van der Waals surface area contributed by atoms with Gasteiger partial charge in [-0.25, -0.2) is 15.0 Å². The number of pyridine rings is 1. The second-order valence-corrected chi connectivity index (χ2v) is 16.2. The van der Waals surface area contributed by atoms with Gasteiger partial charge in [0, 0.05) is 34.6 Å². The van der Waals surface area contributed by atoms with Crippen molar-refractivity contribution in [3.63, 3.8) is 0 Å². The number of nitrogens with zero attached hydrogens (tertiary/aromatic N) is 4. The monoisotopic (exact) mass is 790 g/mol. The molecule has 2 aliphatic rings. The molecule has 4 heteroatoms. The molecule has 0 bridgehead atoms. The van der Waals surface area contributed by atoms with Gasteiger partial charge in [0.15, 0.2) is 17.5 Å². The molecule has 62 heavy (non-hydrogen) atoms. The molecular weight excluding hydrogens is 753 g/mol. The molecule has 2 aliphatic carbocycles. The topological polar surface area (TPSA) is 51.6 Å².